The van der Waals surface area contributed by atoms with Crippen molar-refractivity contribution in [1.29, 1.82) is 0 Å². The fourth-order valence-electron chi connectivity index (χ4n) is 4.80. The Kier molecular flexibility index (Phi) is 18.8. The number of rotatable bonds is 23. The maximum absolute atomic E-state index is 12.6. The molecule has 0 spiro atoms. The van der Waals surface area contributed by atoms with Gasteiger partial charge in [-0.3, -0.25) is 9.32 Å². The molecule has 2 aromatic rings. The standard InChI is InChI=1S/C35H52NO5P/c1-2-3-4-5-6-7-8-9-10-11-12-13-14-15-19-22-35(37)36-34(30-41-42(38,39)40)29-33-27-25-32(26-28-33)24-23-31-20-17-16-18-21-31/h9-10,16-18,20-21,23-28,34H,2-8,11-15,19,22,29-30H2,1H3,(H,36,37)(H2,38,39,40)/b10-9-,24-23+/t34-/m0/s1. The maximum Gasteiger partial charge on any atom is 0.469 e. The Hall–Kier alpha value is -2.50. The Morgan fingerprint density at radius 2 is 1.33 bits per heavy atom. The van der Waals surface area contributed by atoms with Crippen LogP contribution >= 0.6 is 7.82 Å². The third-order valence-corrected chi connectivity index (χ3v) is 7.69. The zero-order valence-electron chi connectivity index (χ0n) is 25.5. The zero-order chi connectivity index (χ0) is 30.3. The van der Waals surface area contributed by atoms with E-state index in [0.717, 1.165) is 48.8 Å². The molecule has 1 amide bonds. The fourth-order valence-corrected chi connectivity index (χ4v) is 5.17. The van der Waals surface area contributed by atoms with E-state index in [2.05, 4.69) is 24.4 Å². The third kappa shape index (κ3) is 18.8. The van der Waals surface area contributed by atoms with Gasteiger partial charge in [-0.05, 0) is 55.2 Å². The molecule has 0 aliphatic carbocycles. The molecule has 2 rings (SSSR count). The SMILES string of the molecule is CCCCCCCC/C=C\CCCCCCCC(=O)N[C@H](COP(=O)(O)O)Cc1ccc(/C=C/c2ccccc2)cc1. The van der Waals surface area contributed by atoms with Gasteiger partial charge in [0.15, 0.2) is 0 Å². The molecular weight excluding hydrogens is 545 g/mol. The molecule has 0 radical (unpaired) electrons. The number of amides is 1. The lowest BCUT2D eigenvalue weighted by Crippen LogP contribution is -2.39. The Morgan fingerprint density at radius 3 is 1.93 bits per heavy atom. The highest BCUT2D eigenvalue weighted by Gasteiger charge is 2.20. The third-order valence-electron chi connectivity index (χ3n) is 7.20. The summed E-state index contributed by atoms with van der Waals surface area (Å²) in [6, 6.07) is 17.4. The van der Waals surface area contributed by atoms with Crippen molar-refractivity contribution < 1.29 is 23.7 Å². The van der Waals surface area contributed by atoms with Crippen molar-refractivity contribution in [1.82, 2.24) is 5.32 Å². The first-order valence-corrected chi connectivity index (χ1v) is 17.4. The molecule has 0 aliphatic rings. The maximum atomic E-state index is 12.6. The number of carbonyl (C=O) groups excluding carboxylic acids is 1. The number of benzene rings is 2. The highest BCUT2D eigenvalue weighted by Crippen LogP contribution is 2.35. The van der Waals surface area contributed by atoms with E-state index in [1.807, 2.05) is 66.7 Å². The molecule has 1 atom stereocenters. The second kappa shape index (κ2) is 22.1. The van der Waals surface area contributed by atoms with E-state index in [1.165, 1.54) is 51.4 Å². The summed E-state index contributed by atoms with van der Waals surface area (Å²) < 4.78 is 16.0. The number of hydrogen-bond acceptors (Lipinski definition) is 3. The molecule has 42 heavy (non-hydrogen) atoms. The largest absolute Gasteiger partial charge is 0.469 e. The van der Waals surface area contributed by atoms with E-state index in [9.17, 15) is 19.1 Å². The number of hydrogen-bond donors (Lipinski definition) is 3. The van der Waals surface area contributed by atoms with Gasteiger partial charge in [0.25, 0.3) is 0 Å². The first-order chi connectivity index (χ1) is 20.4. The zero-order valence-corrected chi connectivity index (χ0v) is 26.4. The minimum Gasteiger partial charge on any atom is -0.351 e. The topological polar surface area (TPSA) is 95.9 Å². The van der Waals surface area contributed by atoms with Gasteiger partial charge in [0.05, 0.1) is 12.6 Å². The minimum absolute atomic E-state index is 0.116. The van der Waals surface area contributed by atoms with Crippen LogP contribution in [-0.2, 0) is 20.3 Å². The first kappa shape index (κ1) is 35.7. The van der Waals surface area contributed by atoms with Gasteiger partial charge >= 0.3 is 7.82 Å². The molecular formula is C35H52NO5P. The Balaban J connectivity index is 1.66. The highest BCUT2D eigenvalue weighted by atomic mass is 31.2. The van der Waals surface area contributed by atoms with Crippen molar-refractivity contribution in [3.05, 3.63) is 83.4 Å². The van der Waals surface area contributed by atoms with Crippen molar-refractivity contribution in [2.45, 2.75) is 109 Å². The molecule has 0 fully saturated rings. The summed E-state index contributed by atoms with van der Waals surface area (Å²) in [6.07, 6.45) is 25.1. The second-order valence-corrected chi connectivity index (χ2v) is 12.3. The number of carbonyl (C=O) groups is 1. The average Bonchev–Trinajstić information content (AvgIpc) is 2.97. The Bertz CT molecular complexity index is 1080. The molecule has 7 heteroatoms. The second-order valence-electron chi connectivity index (χ2n) is 11.1. The van der Waals surface area contributed by atoms with Gasteiger partial charge in [0, 0.05) is 6.42 Å². The smallest absolute Gasteiger partial charge is 0.351 e. The summed E-state index contributed by atoms with van der Waals surface area (Å²) in [5.74, 6) is -0.116. The van der Waals surface area contributed by atoms with Crippen LogP contribution in [0.4, 0.5) is 0 Å². The van der Waals surface area contributed by atoms with Crippen molar-refractivity contribution >= 4 is 25.9 Å². The molecule has 0 unspecified atom stereocenters. The summed E-state index contributed by atoms with van der Waals surface area (Å²) >= 11 is 0. The van der Waals surface area contributed by atoms with E-state index < -0.39 is 13.9 Å². The molecule has 3 N–H and O–H groups in total. The molecule has 0 bridgehead atoms. The van der Waals surface area contributed by atoms with Crippen LogP contribution in [0.1, 0.15) is 114 Å². The lowest BCUT2D eigenvalue weighted by atomic mass is 10.0. The van der Waals surface area contributed by atoms with Crippen molar-refractivity contribution in [2.75, 3.05) is 6.61 Å². The monoisotopic (exact) mass is 597 g/mol. The molecule has 2 aromatic carbocycles. The van der Waals surface area contributed by atoms with Gasteiger partial charge in [-0.1, -0.05) is 137 Å². The van der Waals surface area contributed by atoms with Crippen LogP contribution in [-0.4, -0.2) is 28.3 Å². The molecule has 6 nitrogen and oxygen atoms in total. The van der Waals surface area contributed by atoms with Crippen LogP contribution in [0, 0.1) is 0 Å². The molecule has 0 saturated heterocycles. The number of phosphoric acid groups is 1. The quantitative estimate of drug-likeness (QED) is 0.0514. The average molecular weight is 598 g/mol. The van der Waals surface area contributed by atoms with Crippen LogP contribution < -0.4 is 5.32 Å². The van der Waals surface area contributed by atoms with E-state index in [-0.39, 0.29) is 12.5 Å². The Labute approximate surface area is 253 Å². The van der Waals surface area contributed by atoms with E-state index in [0.29, 0.717) is 12.8 Å². The van der Waals surface area contributed by atoms with Gasteiger partial charge in [-0.2, -0.15) is 0 Å². The van der Waals surface area contributed by atoms with E-state index >= 15 is 0 Å². The van der Waals surface area contributed by atoms with Gasteiger partial charge < -0.3 is 15.1 Å². The van der Waals surface area contributed by atoms with Crippen LogP contribution in [0.3, 0.4) is 0 Å². The summed E-state index contributed by atoms with van der Waals surface area (Å²) in [4.78, 5) is 30.9. The minimum atomic E-state index is -4.63. The fraction of sp³-hybridized carbons (Fsp3) is 0.514. The van der Waals surface area contributed by atoms with Crippen molar-refractivity contribution in [3.8, 4) is 0 Å². The summed E-state index contributed by atoms with van der Waals surface area (Å²) in [5.41, 5.74) is 3.11. The summed E-state index contributed by atoms with van der Waals surface area (Å²) in [6.45, 7) is 2.00. The van der Waals surface area contributed by atoms with Crippen LogP contribution in [0.5, 0.6) is 0 Å². The summed E-state index contributed by atoms with van der Waals surface area (Å²) in [5, 5.41) is 2.92. The molecule has 0 aliphatic heterocycles. The van der Waals surface area contributed by atoms with Gasteiger partial charge in [0.2, 0.25) is 5.91 Å². The van der Waals surface area contributed by atoms with Crippen LogP contribution in [0.15, 0.2) is 66.7 Å². The molecule has 0 saturated carbocycles. The van der Waals surface area contributed by atoms with Crippen LogP contribution in [0.25, 0.3) is 12.2 Å². The predicted octanol–water partition coefficient (Wildman–Crippen LogP) is 9.03. The summed E-state index contributed by atoms with van der Waals surface area (Å²) in [7, 11) is -4.63. The number of nitrogens with one attached hydrogen (secondary N) is 1. The van der Waals surface area contributed by atoms with Crippen LogP contribution in [0.2, 0.25) is 0 Å². The van der Waals surface area contributed by atoms with E-state index in [4.69, 9.17) is 4.52 Å². The number of phosphoric ester groups is 1. The molecule has 0 heterocycles. The lowest BCUT2D eigenvalue weighted by Gasteiger charge is -2.19. The number of allylic oxidation sites excluding steroid dienone is 2. The first-order valence-electron chi connectivity index (χ1n) is 15.8. The van der Waals surface area contributed by atoms with Crippen molar-refractivity contribution in [3.63, 3.8) is 0 Å². The van der Waals surface area contributed by atoms with Crippen molar-refractivity contribution in [2.24, 2.45) is 0 Å². The van der Waals surface area contributed by atoms with Gasteiger partial charge in [-0.15, -0.1) is 0 Å². The normalized spacial score (nSPS) is 12.7. The lowest BCUT2D eigenvalue weighted by molar-refractivity contribution is -0.122. The van der Waals surface area contributed by atoms with Gasteiger partial charge in [-0.25, -0.2) is 4.57 Å². The number of unbranched alkanes of at least 4 members (excludes halogenated alkanes) is 11. The van der Waals surface area contributed by atoms with Gasteiger partial charge in [0.1, 0.15) is 0 Å². The van der Waals surface area contributed by atoms with E-state index in [1.54, 1.807) is 0 Å². The Morgan fingerprint density at radius 1 is 0.786 bits per heavy atom. The molecule has 232 valence electrons. The predicted molar refractivity (Wildman–Crippen MR) is 175 cm³/mol. The molecule has 0 aromatic heterocycles. The highest BCUT2D eigenvalue weighted by molar-refractivity contribution is 7.46.